The summed E-state index contributed by atoms with van der Waals surface area (Å²) in [4.78, 5) is 12.3. The Kier molecular flexibility index (Phi) is 3.62. The van der Waals surface area contributed by atoms with Crippen LogP contribution in [0.2, 0.25) is 0 Å². The SMILES string of the molecule is COc1cc(Br)ccc1C(=O)Nc1ccc2[nH]ncc2c1. The van der Waals surface area contributed by atoms with Gasteiger partial charge in [-0.3, -0.25) is 9.89 Å². The molecule has 0 spiro atoms. The lowest BCUT2D eigenvalue weighted by atomic mass is 10.1. The number of amides is 1. The van der Waals surface area contributed by atoms with Gasteiger partial charge >= 0.3 is 0 Å². The van der Waals surface area contributed by atoms with Crippen LogP contribution < -0.4 is 10.1 Å². The number of halogens is 1. The molecule has 2 N–H and O–H groups in total. The van der Waals surface area contributed by atoms with E-state index in [1.165, 1.54) is 7.11 Å². The van der Waals surface area contributed by atoms with Gasteiger partial charge in [-0.2, -0.15) is 5.10 Å². The molecule has 0 aliphatic rings. The van der Waals surface area contributed by atoms with Crippen molar-refractivity contribution >= 4 is 38.4 Å². The van der Waals surface area contributed by atoms with Crippen LogP contribution in [0, 0.1) is 0 Å². The Morgan fingerprint density at radius 3 is 2.95 bits per heavy atom. The van der Waals surface area contributed by atoms with E-state index in [1.807, 2.05) is 18.2 Å². The molecule has 106 valence electrons. The maximum atomic E-state index is 12.3. The number of nitrogens with one attached hydrogen (secondary N) is 2. The number of hydrogen-bond acceptors (Lipinski definition) is 3. The largest absolute Gasteiger partial charge is 0.496 e. The fourth-order valence-corrected chi connectivity index (χ4v) is 2.41. The summed E-state index contributed by atoms with van der Waals surface area (Å²) in [5.41, 5.74) is 2.11. The first-order valence-electron chi connectivity index (χ1n) is 6.25. The van der Waals surface area contributed by atoms with Crippen molar-refractivity contribution in [1.29, 1.82) is 0 Å². The number of aromatic nitrogens is 2. The summed E-state index contributed by atoms with van der Waals surface area (Å²) in [6.45, 7) is 0. The minimum Gasteiger partial charge on any atom is -0.496 e. The zero-order valence-corrected chi connectivity index (χ0v) is 12.8. The normalized spacial score (nSPS) is 10.6. The zero-order valence-electron chi connectivity index (χ0n) is 11.2. The highest BCUT2D eigenvalue weighted by Gasteiger charge is 2.13. The smallest absolute Gasteiger partial charge is 0.259 e. The van der Waals surface area contributed by atoms with E-state index < -0.39 is 0 Å². The van der Waals surface area contributed by atoms with Gasteiger partial charge in [0.1, 0.15) is 5.75 Å². The quantitative estimate of drug-likeness (QED) is 0.762. The molecule has 1 amide bonds. The lowest BCUT2D eigenvalue weighted by molar-refractivity contribution is 0.102. The van der Waals surface area contributed by atoms with Crippen LogP contribution in [0.25, 0.3) is 10.9 Å². The average molecular weight is 346 g/mol. The highest BCUT2D eigenvalue weighted by molar-refractivity contribution is 9.10. The second kappa shape index (κ2) is 5.57. The van der Waals surface area contributed by atoms with Crippen molar-refractivity contribution in [1.82, 2.24) is 10.2 Å². The van der Waals surface area contributed by atoms with Crippen LogP contribution in [0.1, 0.15) is 10.4 Å². The van der Waals surface area contributed by atoms with Crippen LogP contribution in [0.15, 0.2) is 47.1 Å². The average Bonchev–Trinajstić information content (AvgIpc) is 2.94. The number of nitrogens with zero attached hydrogens (tertiary/aromatic N) is 1. The van der Waals surface area contributed by atoms with Gasteiger partial charge in [0.2, 0.25) is 0 Å². The van der Waals surface area contributed by atoms with Crippen molar-refractivity contribution in [2.24, 2.45) is 0 Å². The van der Waals surface area contributed by atoms with Crippen LogP contribution >= 0.6 is 15.9 Å². The van der Waals surface area contributed by atoms with Crippen LogP contribution in [-0.4, -0.2) is 23.2 Å². The van der Waals surface area contributed by atoms with Gasteiger partial charge in [-0.25, -0.2) is 0 Å². The third kappa shape index (κ3) is 2.75. The first-order valence-corrected chi connectivity index (χ1v) is 7.05. The Hall–Kier alpha value is -2.34. The van der Waals surface area contributed by atoms with Gasteiger partial charge in [0, 0.05) is 15.5 Å². The van der Waals surface area contributed by atoms with E-state index in [4.69, 9.17) is 4.74 Å². The van der Waals surface area contributed by atoms with Crippen LogP contribution in [0.5, 0.6) is 5.75 Å². The van der Waals surface area contributed by atoms with Gasteiger partial charge in [-0.15, -0.1) is 0 Å². The molecule has 0 saturated carbocycles. The first-order chi connectivity index (χ1) is 10.2. The molecule has 0 bridgehead atoms. The van der Waals surface area contributed by atoms with Crippen LogP contribution in [0.4, 0.5) is 5.69 Å². The van der Waals surface area contributed by atoms with Crippen LogP contribution in [0.3, 0.4) is 0 Å². The summed E-state index contributed by atoms with van der Waals surface area (Å²) in [6.07, 6.45) is 1.71. The number of fused-ring (bicyclic) bond motifs is 1. The zero-order chi connectivity index (χ0) is 14.8. The highest BCUT2D eigenvalue weighted by Crippen LogP contribution is 2.25. The third-order valence-corrected chi connectivity index (χ3v) is 3.60. The molecule has 0 saturated heterocycles. The maximum absolute atomic E-state index is 12.3. The van der Waals surface area contributed by atoms with Gasteiger partial charge in [-0.1, -0.05) is 15.9 Å². The number of rotatable bonds is 3. The number of methoxy groups -OCH3 is 1. The molecule has 3 rings (SSSR count). The minimum atomic E-state index is -0.220. The molecule has 0 aliphatic heterocycles. The fraction of sp³-hybridized carbons (Fsp3) is 0.0667. The number of aromatic amines is 1. The highest BCUT2D eigenvalue weighted by atomic mass is 79.9. The molecule has 1 aromatic heterocycles. The van der Waals surface area contributed by atoms with Crippen molar-refractivity contribution in [2.45, 2.75) is 0 Å². The fourth-order valence-electron chi connectivity index (χ4n) is 2.07. The van der Waals surface area contributed by atoms with Crippen molar-refractivity contribution in [2.75, 3.05) is 12.4 Å². The summed E-state index contributed by atoms with van der Waals surface area (Å²) in [5.74, 6) is 0.299. The van der Waals surface area contributed by atoms with Gasteiger partial charge < -0.3 is 10.1 Å². The number of ether oxygens (including phenoxy) is 1. The predicted octanol–water partition coefficient (Wildman–Crippen LogP) is 3.59. The molecule has 0 atom stereocenters. The number of H-pyrrole nitrogens is 1. The van der Waals surface area contributed by atoms with Gasteiger partial charge in [0.15, 0.2) is 0 Å². The Morgan fingerprint density at radius 2 is 2.14 bits per heavy atom. The standard InChI is InChI=1S/C15H12BrN3O2/c1-21-14-7-10(16)2-4-12(14)15(20)18-11-3-5-13-9(6-11)8-17-19-13/h2-8H,1H3,(H,17,19)(H,18,20). The van der Waals surface area contributed by atoms with Crippen molar-refractivity contribution in [3.8, 4) is 5.75 Å². The molecule has 21 heavy (non-hydrogen) atoms. The van der Waals surface area contributed by atoms with E-state index in [0.29, 0.717) is 17.0 Å². The predicted molar refractivity (Wildman–Crippen MR) is 84.7 cm³/mol. The lowest BCUT2D eigenvalue weighted by Crippen LogP contribution is -2.13. The number of anilines is 1. The van der Waals surface area contributed by atoms with Crippen molar-refractivity contribution in [3.63, 3.8) is 0 Å². The number of hydrogen-bond donors (Lipinski definition) is 2. The Bertz CT molecular complexity index is 814. The van der Waals surface area contributed by atoms with Gasteiger partial charge in [0.25, 0.3) is 5.91 Å². The topological polar surface area (TPSA) is 67.0 Å². The molecular formula is C15H12BrN3O2. The summed E-state index contributed by atoms with van der Waals surface area (Å²) < 4.78 is 6.09. The summed E-state index contributed by atoms with van der Waals surface area (Å²) in [6, 6.07) is 10.8. The molecule has 3 aromatic rings. The summed E-state index contributed by atoms with van der Waals surface area (Å²) in [7, 11) is 1.54. The second-order valence-corrected chi connectivity index (χ2v) is 5.39. The van der Waals surface area contributed by atoms with E-state index in [2.05, 4.69) is 31.4 Å². The molecule has 5 nitrogen and oxygen atoms in total. The molecule has 0 unspecified atom stereocenters. The van der Waals surface area contributed by atoms with E-state index in [0.717, 1.165) is 15.4 Å². The van der Waals surface area contributed by atoms with E-state index in [-0.39, 0.29) is 5.91 Å². The molecule has 0 radical (unpaired) electrons. The van der Waals surface area contributed by atoms with E-state index >= 15 is 0 Å². The molecular weight excluding hydrogens is 334 g/mol. The molecule has 0 aliphatic carbocycles. The number of benzene rings is 2. The van der Waals surface area contributed by atoms with Gasteiger partial charge in [0.05, 0.1) is 24.4 Å². The van der Waals surface area contributed by atoms with E-state index in [9.17, 15) is 4.79 Å². The number of carbonyl (C=O) groups is 1. The summed E-state index contributed by atoms with van der Waals surface area (Å²) >= 11 is 3.35. The molecule has 1 heterocycles. The monoisotopic (exact) mass is 345 g/mol. The second-order valence-electron chi connectivity index (χ2n) is 4.47. The van der Waals surface area contributed by atoms with Crippen molar-refractivity contribution in [3.05, 3.63) is 52.6 Å². The molecule has 6 heteroatoms. The number of carbonyl (C=O) groups excluding carboxylic acids is 1. The van der Waals surface area contributed by atoms with Crippen LogP contribution in [-0.2, 0) is 0 Å². The third-order valence-electron chi connectivity index (χ3n) is 3.11. The Morgan fingerprint density at radius 1 is 1.29 bits per heavy atom. The van der Waals surface area contributed by atoms with E-state index in [1.54, 1.807) is 24.4 Å². The Balaban J connectivity index is 1.88. The Labute approximate surface area is 129 Å². The van der Waals surface area contributed by atoms with Gasteiger partial charge in [-0.05, 0) is 36.4 Å². The maximum Gasteiger partial charge on any atom is 0.259 e. The minimum absolute atomic E-state index is 0.220. The lowest BCUT2D eigenvalue weighted by Gasteiger charge is -2.10. The molecule has 2 aromatic carbocycles. The van der Waals surface area contributed by atoms with Crippen molar-refractivity contribution < 1.29 is 9.53 Å². The summed E-state index contributed by atoms with van der Waals surface area (Å²) in [5, 5.41) is 10.6. The molecule has 0 fully saturated rings. The first kappa shape index (κ1) is 13.6.